The molecule has 1 heterocycles. The van der Waals surface area contributed by atoms with Crippen molar-refractivity contribution >= 4 is 23.5 Å². The van der Waals surface area contributed by atoms with Crippen molar-refractivity contribution in [2.24, 2.45) is 11.8 Å². The van der Waals surface area contributed by atoms with Crippen molar-refractivity contribution in [2.75, 3.05) is 11.5 Å². The molecule has 12 heavy (non-hydrogen) atoms. The highest BCUT2D eigenvalue weighted by Gasteiger charge is 2.52. The highest BCUT2D eigenvalue weighted by Crippen LogP contribution is 2.63. The molecule has 3 rings (SSSR count). The Hall–Kier alpha value is 0.700. The molecule has 3 aliphatic rings. The fourth-order valence-electron chi connectivity index (χ4n) is 3.17. The standard InChI is InChI=1S/C10H16S2/c1-4-11-10(12-5-1)7-8-2-3-9(10)6-8/h8-9H,1-7H2. The highest BCUT2D eigenvalue weighted by molar-refractivity contribution is 8.18. The van der Waals surface area contributed by atoms with Crippen LogP contribution in [0.2, 0.25) is 0 Å². The Morgan fingerprint density at radius 3 is 2.50 bits per heavy atom. The zero-order valence-electron chi connectivity index (χ0n) is 7.42. The normalized spacial score (nSPS) is 44.0. The number of thioether (sulfide) groups is 2. The lowest BCUT2D eigenvalue weighted by Gasteiger charge is -2.39. The SMILES string of the molecule is C1CSC2(CC3CCC2C3)SC1. The van der Waals surface area contributed by atoms with E-state index in [2.05, 4.69) is 23.5 Å². The van der Waals surface area contributed by atoms with E-state index in [1.165, 1.54) is 17.9 Å². The lowest BCUT2D eigenvalue weighted by atomic mass is 10.00. The average Bonchev–Trinajstić information content (AvgIpc) is 2.65. The van der Waals surface area contributed by atoms with Crippen LogP contribution < -0.4 is 0 Å². The topological polar surface area (TPSA) is 0 Å². The van der Waals surface area contributed by atoms with Crippen LogP contribution in [0.5, 0.6) is 0 Å². The first-order valence-corrected chi connectivity index (χ1v) is 7.14. The number of hydrogen-bond donors (Lipinski definition) is 0. The zero-order chi connectivity index (χ0) is 8.02. The van der Waals surface area contributed by atoms with Gasteiger partial charge < -0.3 is 0 Å². The lowest BCUT2D eigenvalue weighted by molar-refractivity contribution is 0.465. The minimum absolute atomic E-state index is 0.723. The lowest BCUT2D eigenvalue weighted by Crippen LogP contribution is -2.31. The van der Waals surface area contributed by atoms with Crippen LogP contribution in [-0.4, -0.2) is 15.6 Å². The van der Waals surface area contributed by atoms with E-state index in [-0.39, 0.29) is 0 Å². The molecule has 2 unspecified atom stereocenters. The molecule has 1 saturated heterocycles. The van der Waals surface area contributed by atoms with Gasteiger partial charge in [0.25, 0.3) is 0 Å². The second-order valence-electron chi connectivity index (χ2n) is 4.44. The van der Waals surface area contributed by atoms with Crippen molar-refractivity contribution in [3.8, 4) is 0 Å². The predicted octanol–water partition coefficient (Wildman–Crippen LogP) is 3.37. The summed E-state index contributed by atoms with van der Waals surface area (Å²) in [5, 5.41) is 0. The van der Waals surface area contributed by atoms with Gasteiger partial charge in [0, 0.05) is 0 Å². The van der Waals surface area contributed by atoms with E-state index in [9.17, 15) is 0 Å². The Bertz CT molecular complexity index is 184. The molecule has 2 atom stereocenters. The van der Waals surface area contributed by atoms with Gasteiger partial charge in [-0.25, -0.2) is 0 Å². The van der Waals surface area contributed by atoms with Crippen molar-refractivity contribution < 1.29 is 0 Å². The fourth-order valence-corrected chi connectivity index (χ4v) is 7.06. The monoisotopic (exact) mass is 200 g/mol. The molecule has 0 N–H and O–H groups in total. The van der Waals surface area contributed by atoms with Gasteiger partial charge in [-0.2, -0.15) is 0 Å². The molecular weight excluding hydrogens is 184 g/mol. The maximum Gasteiger partial charge on any atom is 0.0641 e. The van der Waals surface area contributed by atoms with E-state index in [4.69, 9.17) is 0 Å². The van der Waals surface area contributed by atoms with E-state index in [1.54, 1.807) is 25.7 Å². The van der Waals surface area contributed by atoms with Gasteiger partial charge in [-0.05, 0) is 49.0 Å². The molecule has 3 fully saturated rings. The van der Waals surface area contributed by atoms with Crippen LogP contribution in [0.1, 0.15) is 32.1 Å². The van der Waals surface area contributed by atoms with Gasteiger partial charge >= 0.3 is 0 Å². The molecule has 2 heteroatoms. The van der Waals surface area contributed by atoms with Gasteiger partial charge in [0.2, 0.25) is 0 Å². The van der Waals surface area contributed by atoms with E-state index in [0.29, 0.717) is 0 Å². The molecule has 2 bridgehead atoms. The molecule has 0 radical (unpaired) electrons. The molecular formula is C10H16S2. The van der Waals surface area contributed by atoms with Gasteiger partial charge in [-0.3, -0.25) is 0 Å². The van der Waals surface area contributed by atoms with Crippen molar-refractivity contribution in [2.45, 2.75) is 36.2 Å². The summed E-state index contributed by atoms with van der Waals surface area (Å²) in [6, 6.07) is 0. The first-order valence-electron chi connectivity index (χ1n) is 5.17. The molecule has 1 spiro atoms. The van der Waals surface area contributed by atoms with E-state index in [0.717, 1.165) is 15.9 Å². The quantitative estimate of drug-likeness (QED) is 0.588. The molecule has 0 aromatic carbocycles. The Kier molecular flexibility index (Phi) is 1.91. The summed E-state index contributed by atoms with van der Waals surface area (Å²) in [6.07, 6.45) is 7.67. The molecule has 2 aliphatic carbocycles. The molecule has 2 saturated carbocycles. The van der Waals surface area contributed by atoms with E-state index in [1.807, 2.05) is 0 Å². The minimum Gasteiger partial charge on any atom is -0.144 e. The summed E-state index contributed by atoms with van der Waals surface area (Å²) in [5.74, 6) is 5.10. The van der Waals surface area contributed by atoms with Crippen LogP contribution in [-0.2, 0) is 0 Å². The first kappa shape index (κ1) is 8.05. The van der Waals surface area contributed by atoms with Crippen molar-refractivity contribution in [3.05, 3.63) is 0 Å². The van der Waals surface area contributed by atoms with Gasteiger partial charge in [0.05, 0.1) is 4.08 Å². The Morgan fingerprint density at radius 1 is 1.08 bits per heavy atom. The Labute approximate surface area is 83.3 Å². The third-order valence-corrected chi connectivity index (χ3v) is 7.39. The van der Waals surface area contributed by atoms with Crippen LogP contribution in [0.15, 0.2) is 0 Å². The maximum atomic E-state index is 2.30. The second kappa shape index (κ2) is 2.84. The number of fused-ring (bicyclic) bond motifs is 3. The smallest absolute Gasteiger partial charge is 0.0641 e. The molecule has 1 aliphatic heterocycles. The van der Waals surface area contributed by atoms with E-state index < -0.39 is 0 Å². The van der Waals surface area contributed by atoms with Crippen LogP contribution in [0, 0.1) is 11.8 Å². The largest absolute Gasteiger partial charge is 0.144 e. The van der Waals surface area contributed by atoms with Crippen LogP contribution in [0.25, 0.3) is 0 Å². The Balaban J connectivity index is 1.81. The summed E-state index contributed by atoms with van der Waals surface area (Å²) in [4.78, 5) is 0. The highest BCUT2D eigenvalue weighted by atomic mass is 32.2. The first-order chi connectivity index (χ1) is 5.89. The predicted molar refractivity (Wildman–Crippen MR) is 57.7 cm³/mol. The average molecular weight is 200 g/mol. The summed E-state index contributed by atoms with van der Waals surface area (Å²) in [6.45, 7) is 0. The van der Waals surface area contributed by atoms with Crippen LogP contribution >= 0.6 is 23.5 Å². The molecule has 0 aromatic rings. The molecule has 0 amide bonds. The van der Waals surface area contributed by atoms with Gasteiger partial charge in [0.1, 0.15) is 0 Å². The Morgan fingerprint density at radius 2 is 1.92 bits per heavy atom. The summed E-state index contributed by atoms with van der Waals surface area (Å²) >= 11 is 4.60. The fraction of sp³-hybridized carbons (Fsp3) is 1.00. The maximum absolute atomic E-state index is 2.30. The minimum atomic E-state index is 0.723. The van der Waals surface area contributed by atoms with Crippen molar-refractivity contribution in [1.82, 2.24) is 0 Å². The zero-order valence-corrected chi connectivity index (χ0v) is 9.05. The van der Waals surface area contributed by atoms with Crippen LogP contribution in [0.4, 0.5) is 0 Å². The van der Waals surface area contributed by atoms with Gasteiger partial charge in [-0.1, -0.05) is 6.42 Å². The summed E-state index contributed by atoms with van der Waals surface area (Å²) in [5.41, 5.74) is 0. The second-order valence-corrected chi connectivity index (χ2v) is 7.55. The molecule has 0 nitrogen and oxygen atoms in total. The summed E-state index contributed by atoms with van der Waals surface area (Å²) in [7, 11) is 0. The van der Waals surface area contributed by atoms with Gasteiger partial charge in [-0.15, -0.1) is 23.5 Å². The van der Waals surface area contributed by atoms with Crippen LogP contribution in [0.3, 0.4) is 0 Å². The van der Waals surface area contributed by atoms with Crippen molar-refractivity contribution in [1.29, 1.82) is 0 Å². The third kappa shape index (κ3) is 1.07. The van der Waals surface area contributed by atoms with E-state index >= 15 is 0 Å². The molecule has 0 aromatic heterocycles. The number of rotatable bonds is 0. The molecule has 68 valence electrons. The number of hydrogen-bond acceptors (Lipinski definition) is 2. The van der Waals surface area contributed by atoms with Crippen molar-refractivity contribution in [3.63, 3.8) is 0 Å². The third-order valence-electron chi connectivity index (χ3n) is 3.72. The van der Waals surface area contributed by atoms with Gasteiger partial charge in [0.15, 0.2) is 0 Å². The summed E-state index contributed by atoms with van der Waals surface area (Å²) < 4.78 is 0.723.